The van der Waals surface area contributed by atoms with Gasteiger partial charge in [0, 0.05) is 6.04 Å². The number of nitrogens with one attached hydrogen (secondary N) is 1. The summed E-state index contributed by atoms with van der Waals surface area (Å²) in [6.45, 7) is 4.17. The molecule has 0 fully saturated rings. The standard InChI is InChI=1S/C16H16N2/c1-12-7-9-14(10-8-12)13(2)18-16-6-4-3-5-15(16)11-17/h3-10,13,18H,1-2H3. The van der Waals surface area contributed by atoms with Gasteiger partial charge in [-0.05, 0) is 31.5 Å². The van der Waals surface area contributed by atoms with Crippen molar-refractivity contribution in [2.24, 2.45) is 0 Å². The van der Waals surface area contributed by atoms with Crippen molar-refractivity contribution in [3.05, 3.63) is 65.2 Å². The molecular weight excluding hydrogens is 220 g/mol. The first-order chi connectivity index (χ1) is 8.70. The number of hydrogen-bond acceptors (Lipinski definition) is 2. The molecule has 0 bridgehead atoms. The fourth-order valence-electron chi connectivity index (χ4n) is 1.88. The Morgan fingerprint density at radius 3 is 2.39 bits per heavy atom. The van der Waals surface area contributed by atoms with E-state index in [0.717, 1.165) is 5.69 Å². The van der Waals surface area contributed by atoms with E-state index in [1.54, 1.807) is 0 Å². The van der Waals surface area contributed by atoms with Gasteiger partial charge in [0.1, 0.15) is 6.07 Å². The fourth-order valence-corrected chi connectivity index (χ4v) is 1.88. The van der Waals surface area contributed by atoms with Crippen molar-refractivity contribution in [3.8, 4) is 6.07 Å². The highest BCUT2D eigenvalue weighted by atomic mass is 14.9. The van der Waals surface area contributed by atoms with Gasteiger partial charge in [-0.2, -0.15) is 5.26 Å². The summed E-state index contributed by atoms with van der Waals surface area (Å²) in [5.74, 6) is 0. The van der Waals surface area contributed by atoms with E-state index in [-0.39, 0.29) is 6.04 Å². The average Bonchev–Trinajstić information content (AvgIpc) is 2.40. The van der Waals surface area contributed by atoms with Crippen LogP contribution in [-0.2, 0) is 0 Å². The zero-order chi connectivity index (χ0) is 13.0. The molecule has 2 aromatic rings. The second kappa shape index (κ2) is 5.37. The summed E-state index contributed by atoms with van der Waals surface area (Å²) >= 11 is 0. The van der Waals surface area contributed by atoms with Crippen molar-refractivity contribution in [2.45, 2.75) is 19.9 Å². The van der Waals surface area contributed by atoms with Crippen molar-refractivity contribution in [1.29, 1.82) is 5.26 Å². The van der Waals surface area contributed by atoms with E-state index in [1.165, 1.54) is 11.1 Å². The van der Waals surface area contributed by atoms with Gasteiger partial charge in [-0.15, -0.1) is 0 Å². The molecule has 2 aromatic carbocycles. The van der Waals surface area contributed by atoms with E-state index in [9.17, 15) is 0 Å². The van der Waals surface area contributed by atoms with E-state index in [4.69, 9.17) is 5.26 Å². The van der Waals surface area contributed by atoms with E-state index < -0.39 is 0 Å². The van der Waals surface area contributed by atoms with Crippen LogP contribution in [-0.4, -0.2) is 0 Å². The van der Waals surface area contributed by atoms with Gasteiger partial charge in [0.05, 0.1) is 11.3 Å². The number of benzene rings is 2. The van der Waals surface area contributed by atoms with Gasteiger partial charge in [0.15, 0.2) is 0 Å². The summed E-state index contributed by atoms with van der Waals surface area (Å²) in [7, 11) is 0. The number of aryl methyl sites for hydroxylation is 1. The lowest BCUT2D eigenvalue weighted by atomic mass is 10.1. The molecule has 0 saturated carbocycles. The predicted octanol–water partition coefficient (Wildman–Crippen LogP) is 4.04. The van der Waals surface area contributed by atoms with E-state index >= 15 is 0 Å². The molecule has 0 saturated heterocycles. The van der Waals surface area contributed by atoms with Gasteiger partial charge < -0.3 is 5.32 Å². The first kappa shape index (κ1) is 12.2. The van der Waals surface area contributed by atoms with Gasteiger partial charge in [-0.3, -0.25) is 0 Å². The molecule has 1 atom stereocenters. The smallest absolute Gasteiger partial charge is 0.101 e. The van der Waals surface area contributed by atoms with Crippen LogP contribution in [0, 0.1) is 18.3 Å². The summed E-state index contributed by atoms with van der Waals surface area (Å²) in [5.41, 5.74) is 4.03. The van der Waals surface area contributed by atoms with Gasteiger partial charge >= 0.3 is 0 Å². The van der Waals surface area contributed by atoms with Crippen LogP contribution >= 0.6 is 0 Å². The largest absolute Gasteiger partial charge is 0.377 e. The summed E-state index contributed by atoms with van der Waals surface area (Å²) < 4.78 is 0. The van der Waals surface area contributed by atoms with E-state index in [0.29, 0.717) is 5.56 Å². The highest BCUT2D eigenvalue weighted by molar-refractivity contribution is 5.58. The fraction of sp³-hybridized carbons (Fsp3) is 0.188. The molecule has 1 unspecified atom stereocenters. The minimum absolute atomic E-state index is 0.181. The van der Waals surface area contributed by atoms with E-state index in [2.05, 4.69) is 49.5 Å². The molecule has 0 aliphatic rings. The minimum Gasteiger partial charge on any atom is -0.377 e. The lowest BCUT2D eigenvalue weighted by molar-refractivity contribution is 0.883. The molecule has 18 heavy (non-hydrogen) atoms. The molecule has 2 rings (SSSR count). The maximum absolute atomic E-state index is 9.05. The summed E-state index contributed by atoms with van der Waals surface area (Å²) in [5, 5.41) is 12.4. The molecule has 2 heteroatoms. The van der Waals surface area contributed by atoms with Gasteiger partial charge in [0.2, 0.25) is 0 Å². The number of anilines is 1. The Bertz CT molecular complexity index is 564. The number of hydrogen-bond donors (Lipinski definition) is 1. The van der Waals surface area contributed by atoms with E-state index in [1.807, 2.05) is 24.3 Å². The Balaban J connectivity index is 2.19. The van der Waals surface area contributed by atoms with Crippen molar-refractivity contribution >= 4 is 5.69 Å². The number of rotatable bonds is 3. The molecule has 2 nitrogen and oxygen atoms in total. The summed E-state index contributed by atoms with van der Waals surface area (Å²) in [6, 6.07) is 18.4. The third-order valence-corrected chi connectivity index (χ3v) is 3.00. The molecular formula is C16H16N2. The Morgan fingerprint density at radius 1 is 1.06 bits per heavy atom. The van der Waals surface area contributed by atoms with Crippen LogP contribution in [0.25, 0.3) is 0 Å². The monoisotopic (exact) mass is 236 g/mol. The molecule has 0 radical (unpaired) electrons. The molecule has 0 aromatic heterocycles. The lowest BCUT2D eigenvalue weighted by Crippen LogP contribution is -2.07. The molecule has 0 amide bonds. The SMILES string of the molecule is Cc1ccc(C(C)Nc2ccccc2C#N)cc1. The van der Waals surface area contributed by atoms with Crippen LogP contribution in [0.15, 0.2) is 48.5 Å². The highest BCUT2D eigenvalue weighted by Crippen LogP contribution is 2.22. The Kier molecular flexibility index (Phi) is 3.64. The summed E-state index contributed by atoms with van der Waals surface area (Å²) in [4.78, 5) is 0. The van der Waals surface area contributed by atoms with Gasteiger partial charge in [-0.25, -0.2) is 0 Å². The molecule has 0 aliphatic carbocycles. The molecule has 0 heterocycles. The maximum Gasteiger partial charge on any atom is 0.101 e. The second-order valence-electron chi connectivity index (χ2n) is 4.43. The van der Waals surface area contributed by atoms with Crippen molar-refractivity contribution in [1.82, 2.24) is 0 Å². The van der Waals surface area contributed by atoms with Gasteiger partial charge in [0.25, 0.3) is 0 Å². The molecule has 0 aliphatic heterocycles. The van der Waals surface area contributed by atoms with Crippen LogP contribution in [0.1, 0.15) is 29.7 Å². The predicted molar refractivity (Wildman–Crippen MR) is 74.4 cm³/mol. The zero-order valence-electron chi connectivity index (χ0n) is 10.6. The minimum atomic E-state index is 0.181. The van der Waals surface area contributed by atoms with Crippen molar-refractivity contribution in [3.63, 3.8) is 0 Å². The number of nitrogens with zero attached hydrogens (tertiary/aromatic N) is 1. The first-order valence-corrected chi connectivity index (χ1v) is 6.03. The first-order valence-electron chi connectivity index (χ1n) is 6.03. The quantitative estimate of drug-likeness (QED) is 0.873. The highest BCUT2D eigenvalue weighted by Gasteiger charge is 2.07. The topological polar surface area (TPSA) is 35.8 Å². The average molecular weight is 236 g/mol. The Hall–Kier alpha value is -2.27. The van der Waals surface area contributed by atoms with Crippen LogP contribution in [0.5, 0.6) is 0 Å². The van der Waals surface area contributed by atoms with Crippen molar-refractivity contribution in [2.75, 3.05) is 5.32 Å². The summed E-state index contributed by atoms with van der Waals surface area (Å²) in [6.07, 6.45) is 0. The lowest BCUT2D eigenvalue weighted by Gasteiger charge is -2.16. The third-order valence-electron chi connectivity index (χ3n) is 3.00. The Morgan fingerprint density at radius 2 is 1.72 bits per heavy atom. The van der Waals surface area contributed by atoms with Crippen LogP contribution < -0.4 is 5.32 Å². The normalized spacial score (nSPS) is 11.6. The number of para-hydroxylation sites is 1. The van der Waals surface area contributed by atoms with Gasteiger partial charge in [-0.1, -0.05) is 42.0 Å². The number of nitriles is 1. The molecule has 1 N–H and O–H groups in total. The molecule has 90 valence electrons. The van der Waals surface area contributed by atoms with Crippen LogP contribution in [0.4, 0.5) is 5.69 Å². The third kappa shape index (κ3) is 2.70. The zero-order valence-corrected chi connectivity index (χ0v) is 10.6. The van der Waals surface area contributed by atoms with Crippen LogP contribution in [0.2, 0.25) is 0 Å². The van der Waals surface area contributed by atoms with Crippen molar-refractivity contribution < 1.29 is 0 Å². The van der Waals surface area contributed by atoms with Crippen LogP contribution in [0.3, 0.4) is 0 Å². The maximum atomic E-state index is 9.05. The molecule has 0 spiro atoms. The second-order valence-corrected chi connectivity index (χ2v) is 4.43. The Labute approximate surface area is 108 Å².